The standard InChI is InChI=1S/C22H23FN4O2S/c1-13-10-14(2)12-26(11-13)18(15-5-7-16(23)8-6-15)19-21(28)27-22(30-19)24-20(25-27)17-4-3-9-29-17/h3-9,13-14,18,28H,10-12H2,1-2H3. The van der Waals surface area contributed by atoms with Crippen LogP contribution in [0.4, 0.5) is 4.39 Å². The van der Waals surface area contributed by atoms with Crippen molar-refractivity contribution >= 4 is 16.3 Å². The third-order valence-corrected chi connectivity index (χ3v) is 6.71. The molecule has 3 aromatic heterocycles. The Bertz CT molecular complexity index is 1140. The number of aromatic hydroxyl groups is 1. The van der Waals surface area contributed by atoms with Crippen molar-refractivity contribution in [1.82, 2.24) is 19.5 Å². The molecule has 1 aliphatic heterocycles. The fourth-order valence-electron chi connectivity index (χ4n) is 4.53. The number of furan rings is 1. The number of benzene rings is 1. The summed E-state index contributed by atoms with van der Waals surface area (Å²) < 4.78 is 20.4. The van der Waals surface area contributed by atoms with E-state index in [1.165, 1.54) is 34.4 Å². The Kier molecular flexibility index (Phi) is 4.83. The molecule has 0 spiro atoms. The first kappa shape index (κ1) is 19.3. The first-order chi connectivity index (χ1) is 14.5. The van der Waals surface area contributed by atoms with Gasteiger partial charge >= 0.3 is 0 Å². The Hall–Kier alpha value is -2.71. The molecule has 4 aromatic rings. The van der Waals surface area contributed by atoms with Crippen molar-refractivity contribution in [1.29, 1.82) is 0 Å². The van der Waals surface area contributed by atoms with Gasteiger partial charge in [-0.05, 0) is 48.1 Å². The van der Waals surface area contributed by atoms with Gasteiger partial charge in [-0.15, -0.1) is 5.10 Å². The number of likely N-dealkylation sites (tertiary alicyclic amines) is 1. The molecule has 1 saturated heterocycles. The number of hydrogen-bond donors (Lipinski definition) is 1. The largest absolute Gasteiger partial charge is 0.492 e. The Balaban J connectivity index is 1.60. The van der Waals surface area contributed by atoms with Gasteiger partial charge in [-0.25, -0.2) is 4.39 Å². The molecule has 6 nitrogen and oxygen atoms in total. The number of aromatic nitrogens is 3. The molecule has 0 bridgehead atoms. The van der Waals surface area contributed by atoms with E-state index in [2.05, 4.69) is 28.8 Å². The minimum absolute atomic E-state index is 0.0699. The van der Waals surface area contributed by atoms with Crippen molar-refractivity contribution in [2.24, 2.45) is 11.8 Å². The molecule has 1 fully saturated rings. The smallest absolute Gasteiger partial charge is 0.230 e. The van der Waals surface area contributed by atoms with Gasteiger partial charge in [0.15, 0.2) is 5.76 Å². The minimum Gasteiger partial charge on any atom is -0.492 e. The van der Waals surface area contributed by atoms with Gasteiger partial charge in [0.05, 0.1) is 17.2 Å². The predicted octanol–water partition coefficient (Wildman–Crippen LogP) is 4.96. The molecule has 3 unspecified atom stereocenters. The Morgan fingerprint density at radius 1 is 1.17 bits per heavy atom. The maximum Gasteiger partial charge on any atom is 0.230 e. The van der Waals surface area contributed by atoms with Crippen molar-refractivity contribution in [2.75, 3.05) is 13.1 Å². The summed E-state index contributed by atoms with van der Waals surface area (Å²) in [5.74, 6) is 1.89. The molecule has 1 aromatic carbocycles. The Morgan fingerprint density at radius 3 is 2.53 bits per heavy atom. The molecular formula is C22H23FN4O2S. The summed E-state index contributed by atoms with van der Waals surface area (Å²) in [6.45, 7) is 6.33. The summed E-state index contributed by atoms with van der Waals surface area (Å²) in [5, 5.41) is 15.5. The Labute approximate surface area is 177 Å². The zero-order valence-corrected chi connectivity index (χ0v) is 17.6. The summed E-state index contributed by atoms with van der Waals surface area (Å²) in [4.78, 5) is 8.28. The number of rotatable bonds is 4. The van der Waals surface area contributed by atoms with Crippen LogP contribution in [-0.2, 0) is 0 Å². The maximum absolute atomic E-state index is 13.6. The average molecular weight is 427 g/mol. The number of thiazole rings is 1. The molecule has 1 N–H and O–H groups in total. The van der Waals surface area contributed by atoms with E-state index >= 15 is 0 Å². The molecule has 0 aliphatic carbocycles. The molecule has 0 amide bonds. The summed E-state index contributed by atoms with van der Waals surface area (Å²) in [7, 11) is 0. The minimum atomic E-state index is -0.271. The molecule has 1 aliphatic rings. The van der Waals surface area contributed by atoms with Crippen LogP contribution in [0.5, 0.6) is 5.88 Å². The zero-order valence-electron chi connectivity index (χ0n) is 16.8. The number of piperidine rings is 1. The van der Waals surface area contributed by atoms with Crippen molar-refractivity contribution < 1.29 is 13.9 Å². The molecule has 4 heterocycles. The average Bonchev–Trinajstić information content (AvgIpc) is 3.42. The molecular weight excluding hydrogens is 403 g/mol. The fourth-order valence-corrected chi connectivity index (χ4v) is 5.65. The SMILES string of the molecule is CC1CC(C)CN(C(c2ccc(F)cc2)c2sc3nc(-c4ccco4)nn3c2O)C1. The molecule has 0 radical (unpaired) electrons. The van der Waals surface area contributed by atoms with E-state index in [-0.39, 0.29) is 17.7 Å². The van der Waals surface area contributed by atoms with Gasteiger partial charge in [-0.3, -0.25) is 4.90 Å². The monoisotopic (exact) mass is 426 g/mol. The summed E-state index contributed by atoms with van der Waals surface area (Å²) in [6, 6.07) is 9.93. The van der Waals surface area contributed by atoms with Crippen LogP contribution in [0, 0.1) is 17.7 Å². The van der Waals surface area contributed by atoms with E-state index in [9.17, 15) is 9.50 Å². The van der Waals surface area contributed by atoms with E-state index in [0.717, 1.165) is 23.5 Å². The number of hydrogen-bond acceptors (Lipinski definition) is 6. The van der Waals surface area contributed by atoms with Crippen LogP contribution in [0.2, 0.25) is 0 Å². The molecule has 3 atom stereocenters. The lowest BCUT2D eigenvalue weighted by Gasteiger charge is -2.40. The second-order valence-electron chi connectivity index (χ2n) is 8.25. The van der Waals surface area contributed by atoms with Crippen molar-refractivity contribution in [2.45, 2.75) is 26.3 Å². The highest BCUT2D eigenvalue weighted by atomic mass is 32.1. The van der Waals surface area contributed by atoms with Gasteiger partial charge in [-0.1, -0.05) is 37.3 Å². The highest BCUT2D eigenvalue weighted by molar-refractivity contribution is 7.17. The predicted molar refractivity (Wildman–Crippen MR) is 113 cm³/mol. The van der Waals surface area contributed by atoms with Crippen molar-refractivity contribution in [3.8, 4) is 17.5 Å². The lowest BCUT2D eigenvalue weighted by Crippen LogP contribution is -2.41. The lowest BCUT2D eigenvalue weighted by atomic mass is 9.89. The molecule has 30 heavy (non-hydrogen) atoms. The van der Waals surface area contributed by atoms with E-state index in [4.69, 9.17) is 4.42 Å². The molecule has 8 heteroatoms. The van der Waals surface area contributed by atoms with Gasteiger partial charge in [0.1, 0.15) is 5.82 Å². The maximum atomic E-state index is 13.6. The van der Waals surface area contributed by atoms with Crippen LogP contribution in [0.1, 0.15) is 36.8 Å². The lowest BCUT2D eigenvalue weighted by molar-refractivity contribution is 0.112. The van der Waals surface area contributed by atoms with E-state index in [0.29, 0.717) is 28.4 Å². The molecule has 5 rings (SSSR count). The van der Waals surface area contributed by atoms with E-state index in [1.54, 1.807) is 30.5 Å². The second kappa shape index (κ2) is 7.52. The van der Waals surface area contributed by atoms with Gasteiger partial charge < -0.3 is 9.52 Å². The number of fused-ring (bicyclic) bond motifs is 1. The third kappa shape index (κ3) is 3.40. The van der Waals surface area contributed by atoms with Crippen LogP contribution in [0.3, 0.4) is 0 Å². The highest BCUT2D eigenvalue weighted by Gasteiger charge is 2.33. The Morgan fingerprint density at radius 2 is 1.90 bits per heavy atom. The number of halogens is 1. The van der Waals surface area contributed by atoms with Crippen LogP contribution < -0.4 is 0 Å². The van der Waals surface area contributed by atoms with Crippen molar-refractivity contribution in [3.63, 3.8) is 0 Å². The third-order valence-electron chi connectivity index (χ3n) is 5.64. The summed E-state index contributed by atoms with van der Waals surface area (Å²) in [5.41, 5.74) is 0.948. The van der Waals surface area contributed by atoms with Gasteiger partial charge in [0.25, 0.3) is 0 Å². The first-order valence-electron chi connectivity index (χ1n) is 10.1. The number of nitrogens with zero attached hydrogens (tertiary/aromatic N) is 4. The van der Waals surface area contributed by atoms with E-state index < -0.39 is 0 Å². The van der Waals surface area contributed by atoms with Crippen molar-refractivity contribution in [3.05, 3.63) is 58.9 Å². The second-order valence-corrected chi connectivity index (χ2v) is 9.26. The zero-order chi connectivity index (χ0) is 20.8. The molecule has 0 saturated carbocycles. The van der Waals surface area contributed by atoms with Gasteiger partial charge in [-0.2, -0.15) is 9.50 Å². The summed E-state index contributed by atoms with van der Waals surface area (Å²) >= 11 is 1.41. The topological polar surface area (TPSA) is 66.8 Å². The molecule has 156 valence electrons. The van der Waals surface area contributed by atoms with Crippen LogP contribution >= 0.6 is 11.3 Å². The first-order valence-corrected chi connectivity index (χ1v) is 10.9. The normalized spacial score (nSPS) is 21.3. The fraction of sp³-hybridized carbons (Fsp3) is 0.364. The van der Waals surface area contributed by atoms with Gasteiger partial charge in [0.2, 0.25) is 16.7 Å². The summed E-state index contributed by atoms with van der Waals surface area (Å²) in [6.07, 6.45) is 2.75. The van der Waals surface area contributed by atoms with Crippen LogP contribution in [0.15, 0.2) is 47.1 Å². The van der Waals surface area contributed by atoms with E-state index in [1.807, 2.05) is 0 Å². The van der Waals surface area contributed by atoms with Gasteiger partial charge in [0, 0.05) is 13.1 Å². The highest BCUT2D eigenvalue weighted by Crippen LogP contribution is 2.42. The quantitative estimate of drug-likeness (QED) is 0.499. The van der Waals surface area contributed by atoms with Crippen LogP contribution in [0.25, 0.3) is 16.5 Å². The van der Waals surface area contributed by atoms with Crippen LogP contribution in [-0.4, -0.2) is 37.7 Å².